The number of anilines is 2. The standard InChI is InChI=1S/C22H31N5O/c1-25(2)20-10-7-18(8-11-20)17-26(3)22(28)24-16-19-9-12-21(23-15-19)27-13-5-4-6-14-27/h7-12,15H,4-6,13-14,16-17H2,1-3H3,(H,24,28). The SMILES string of the molecule is CN(Cc1ccc(N(C)C)cc1)C(=O)NCc1ccc(N2CCCCC2)nc1. The third-order valence-corrected chi connectivity index (χ3v) is 5.15. The molecule has 0 aliphatic carbocycles. The van der Waals surface area contributed by atoms with E-state index < -0.39 is 0 Å². The van der Waals surface area contributed by atoms with Crippen LogP contribution in [0.15, 0.2) is 42.6 Å². The first-order valence-electron chi connectivity index (χ1n) is 9.98. The molecule has 6 heteroatoms. The molecule has 0 bridgehead atoms. The molecule has 150 valence electrons. The Labute approximate surface area is 168 Å². The second kappa shape index (κ2) is 9.44. The van der Waals surface area contributed by atoms with E-state index in [2.05, 4.69) is 56.5 Å². The maximum Gasteiger partial charge on any atom is 0.317 e. The normalized spacial score (nSPS) is 13.9. The highest BCUT2D eigenvalue weighted by atomic mass is 16.2. The third kappa shape index (κ3) is 5.38. The molecule has 2 heterocycles. The molecule has 1 aromatic heterocycles. The Morgan fingerprint density at radius 2 is 1.68 bits per heavy atom. The minimum absolute atomic E-state index is 0.0863. The Morgan fingerprint density at radius 1 is 1.00 bits per heavy atom. The van der Waals surface area contributed by atoms with Crippen LogP contribution in [0.2, 0.25) is 0 Å². The highest BCUT2D eigenvalue weighted by Gasteiger charge is 2.12. The third-order valence-electron chi connectivity index (χ3n) is 5.15. The topological polar surface area (TPSA) is 51.7 Å². The van der Waals surface area contributed by atoms with Crippen molar-refractivity contribution in [3.05, 3.63) is 53.7 Å². The van der Waals surface area contributed by atoms with Gasteiger partial charge in [-0.05, 0) is 48.6 Å². The van der Waals surface area contributed by atoms with Crippen LogP contribution in [0.25, 0.3) is 0 Å². The van der Waals surface area contributed by atoms with Crippen LogP contribution in [0, 0.1) is 0 Å². The molecule has 0 atom stereocenters. The fourth-order valence-electron chi connectivity index (χ4n) is 3.39. The van der Waals surface area contributed by atoms with Gasteiger partial charge in [-0.15, -0.1) is 0 Å². The molecule has 0 radical (unpaired) electrons. The number of carbonyl (C=O) groups excluding carboxylic acids is 1. The summed E-state index contributed by atoms with van der Waals surface area (Å²) in [5.41, 5.74) is 3.27. The fourth-order valence-corrected chi connectivity index (χ4v) is 3.39. The number of aromatic nitrogens is 1. The molecule has 1 N–H and O–H groups in total. The van der Waals surface area contributed by atoms with Gasteiger partial charge in [0.2, 0.25) is 0 Å². The van der Waals surface area contributed by atoms with E-state index in [1.165, 1.54) is 19.3 Å². The quantitative estimate of drug-likeness (QED) is 0.832. The summed E-state index contributed by atoms with van der Waals surface area (Å²) < 4.78 is 0. The minimum atomic E-state index is -0.0863. The number of carbonyl (C=O) groups is 1. The molecule has 28 heavy (non-hydrogen) atoms. The van der Waals surface area contributed by atoms with Crippen LogP contribution in [0.4, 0.5) is 16.3 Å². The first-order valence-corrected chi connectivity index (χ1v) is 9.98. The summed E-state index contributed by atoms with van der Waals surface area (Å²) in [6.07, 6.45) is 5.66. The highest BCUT2D eigenvalue weighted by Crippen LogP contribution is 2.17. The average Bonchev–Trinajstić information content (AvgIpc) is 2.73. The lowest BCUT2D eigenvalue weighted by atomic mass is 10.1. The second-order valence-electron chi connectivity index (χ2n) is 7.65. The first-order chi connectivity index (χ1) is 13.5. The van der Waals surface area contributed by atoms with E-state index in [0.29, 0.717) is 13.1 Å². The van der Waals surface area contributed by atoms with E-state index in [1.807, 2.05) is 27.3 Å². The van der Waals surface area contributed by atoms with Gasteiger partial charge in [-0.25, -0.2) is 9.78 Å². The zero-order valence-corrected chi connectivity index (χ0v) is 17.2. The summed E-state index contributed by atoms with van der Waals surface area (Å²) in [6.45, 7) is 3.23. The smallest absolute Gasteiger partial charge is 0.317 e. The van der Waals surface area contributed by atoms with Crippen LogP contribution < -0.4 is 15.1 Å². The molecule has 6 nitrogen and oxygen atoms in total. The van der Waals surface area contributed by atoms with Crippen molar-refractivity contribution in [2.24, 2.45) is 0 Å². The van der Waals surface area contributed by atoms with Gasteiger partial charge >= 0.3 is 6.03 Å². The van der Waals surface area contributed by atoms with Crippen molar-refractivity contribution < 1.29 is 4.79 Å². The number of hydrogen-bond donors (Lipinski definition) is 1. The van der Waals surface area contributed by atoms with Crippen molar-refractivity contribution >= 4 is 17.5 Å². The van der Waals surface area contributed by atoms with Crippen LogP contribution in [0.5, 0.6) is 0 Å². The number of amides is 2. The minimum Gasteiger partial charge on any atom is -0.378 e. The molecule has 1 fully saturated rings. The van der Waals surface area contributed by atoms with Crippen molar-refractivity contribution in [2.45, 2.75) is 32.4 Å². The molecule has 0 unspecified atom stereocenters. The van der Waals surface area contributed by atoms with Crippen LogP contribution in [-0.2, 0) is 13.1 Å². The van der Waals surface area contributed by atoms with E-state index in [4.69, 9.17) is 0 Å². The molecular formula is C22H31N5O. The van der Waals surface area contributed by atoms with Crippen molar-refractivity contribution in [3.8, 4) is 0 Å². The summed E-state index contributed by atoms with van der Waals surface area (Å²) in [7, 11) is 5.85. The van der Waals surface area contributed by atoms with Crippen LogP contribution in [0.3, 0.4) is 0 Å². The Morgan fingerprint density at radius 3 is 2.29 bits per heavy atom. The first kappa shape index (κ1) is 20.0. The number of nitrogens with zero attached hydrogens (tertiary/aromatic N) is 4. The maximum absolute atomic E-state index is 12.4. The Hall–Kier alpha value is -2.76. The van der Waals surface area contributed by atoms with Crippen molar-refractivity contribution in [2.75, 3.05) is 44.0 Å². The van der Waals surface area contributed by atoms with Gasteiger partial charge in [0.1, 0.15) is 5.82 Å². The summed E-state index contributed by atoms with van der Waals surface area (Å²) >= 11 is 0. The van der Waals surface area contributed by atoms with Gasteiger partial charge in [0.05, 0.1) is 0 Å². The zero-order chi connectivity index (χ0) is 19.9. The summed E-state index contributed by atoms with van der Waals surface area (Å²) in [6, 6.07) is 12.3. The molecule has 3 rings (SSSR count). The van der Waals surface area contributed by atoms with Gasteiger partial charge < -0.3 is 20.0 Å². The number of pyridine rings is 1. The number of nitrogens with one attached hydrogen (secondary N) is 1. The maximum atomic E-state index is 12.4. The molecule has 1 aromatic carbocycles. The molecular weight excluding hydrogens is 350 g/mol. The Bertz CT molecular complexity index is 752. The largest absolute Gasteiger partial charge is 0.378 e. The van der Waals surface area contributed by atoms with Crippen molar-refractivity contribution in [3.63, 3.8) is 0 Å². The van der Waals surface area contributed by atoms with E-state index in [-0.39, 0.29) is 6.03 Å². The number of benzene rings is 1. The van der Waals surface area contributed by atoms with Crippen LogP contribution in [0.1, 0.15) is 30.4 Å². The van der Waals surface area contributed by atoms with Gasteiger partial charge in [0.15, 0.2) is 0 Å². The fraction of sp³-hybridized carbons (Fsp3) is 0.455. The summed E-state index contributed by atoms with van der Waals surface area (Å²) in [5, 5.41) is 2.97. The predicted octanol–water partition coefficient (Wildman–Crippen LogP) is 3.48. The van der Waals surface area contributed by atoms with Gasteiger partial charge in [-0.1, -0.05) is 18.2 Å². The molecule has 2 aromatic rings. The van der Waals surface area contributed by atoms with Gasteiger partial charge in [0.25, 0.3) is 0 Å². The molecule has 1 aliphatic heterocycles. The Balaban J connectivity index is 1.47. The molecule has 1 aliphatic rings. The molecule has 0 saturated carbocycles. The highest BCUT2D eigenvalue weighted by molar-refractivity contribution is 5.73. The Kier molecular flexibility index (Phi) is 6.74. The lowest BCUT2D eigenvalue weighted by Gasteiger charge is -2.27. The number of hydrogen-bond acceptors (Lipinski definition) is 4. The van der Waals surface area contributed by atoms with E-state index >= 15 is 0 Å². The molecule has 2 amide bonds. The number of urea groups is 1. The van der Waals surface area contributed by atoms with E-state index in [1.54, 1.807) is 4.90 Å². The van der Waals surface area contributed by atoms with Crippen molar-refractivity contribution in [1.29, 1.82) is 0 Å². The number of rotatable bonds is 6. The van der Waals surface area contributed by atoms with Crippen LogP contribution >= 0.6 is 0 Å². The summed E-state index contributed by atoms with van der Waals surface area (Å²) in [4.78, 5) is 23.0. The molecule has 0 spiro atoms. The average molecular weight is 382 g/mol. The lowest BCUT2D eigenvalue weighted by Crippen LogP contribution is -2.36. The number of piperidine rings is 1. The van der Waals surface area contributed by atoms with Crippen molar-refractivity contribution in [1.82, 2.24) is 15.2 Å². The van der Waals surface area contributed by atoms with Gasteiger partial charge in [-0.3, -0.25) is 0 Å². The van der Waals surface area contributed by atoms with Crippen LogP contribution in [-0.4, -0.2) is 50.1 Å². The lowest BCUT2D eigenvalue weighted by molar-refractivity contribution is 0.206. The predicted molar refractivity (Wildman–Crippen MR) is 115 cm³/mol. The van der Waals surface area contributed by atoms with E-state index in [9.17, 15) is 4.79 Å². The van der Waals surface area contributed by atoms with E-state index in [0.717, 1.165) is 35.7 Å². The van der Waals surface area contributed by atoms with Gasteiger partial charge in [-0.2, -0.15) is 0 Å². The summed E-state index contributed by atoms with van der Waals surface area (Å²) in [5.74, 6) is 1.04. The van der Waals surface area contributed by atoms with Gasteiger partial charge in [0, 0.05) is 59.2 Å². The monoisotopic (exact) mass is 381 g/mol. The second-order valence-corrected chi connectivity index (χ2v) is 7.65. The molecule has 1 saturated heterocycles. The zero-order valence-electron chi connectivity index (χ0n) is 17.2.